The normalized spacial score (nSPS) is 24.4. The number of aromatic nitrogens is 4. The summed E-state index contributed by atoms with van der Waals surface area (Å²) in [7, 11) is 0. The van der Waals surface area contributed by atoms with Crippen LogP contribution in [0, 0.1) is 0 Å². The topological polar surface area (TPSA) is 203 Å². The van der Waals surface area contributed by atoms with E-state index in [9.17, 15) is 15.0 Å². The summed E-state index contributed by atoms with van der Waals surface area (Å²) in [4.78, 5) is 22.0. The van der Waals surface area contributed by atoms with E-state index < -0.39 is 43.2 Å². The fourth-order valence-electron chi connectivity index (χ4n) is 2.53. The number of ether oxygens (including phenoxy) is 1. The number of anilines is 1. The van der Waals surface area contributed by atoms with Gasteiger partial charge in [-0.1, -0.05) is 0 Å². The number of hydrogen-bond acceptors (Lipinski definition) is 10. The van der Waals surface area contributed by atoms with Gasteiger partial charge in [0, 0.05) is 0 Å². The van der Waals surface area contributed by atoms with Crippen molar-refractivity contribution < 1.29 is 30.0 Å². The van der Waals surface area contributed by atoms with Gasteiger partial charge < -0.3 is 25.8 Å². The van der Waals surface area contributed by atoms with Crippen molar-refractivity contribution in [1.29, 1.82) is 0 Å². The summed E-state index contributed by atoms with van der Waals surface area (Å²) in [6.45, 7) is -0.390. The summed E-state index contributed by atoms with van der Waals surface area (Å²) in [6, 6.07) is -0.646. The average molecular weight is 544 g/mol. The van der Waals surface area contributed by atoms with Crippen LogP contribution in [0.4, 0.5) is 5.82 Å². The van der Waals surface area contributed by atoms with Gasteiger partial charge in [0.15, 0.2) is 17.7 Å². The summed E-state index contributed by atoms with van der Waals surface area (Å²) in [6.07, 6.45) is -0.806. The quantitative estimate of drug-likeness (QED) is 0.203. The number of aliphatic hydroxyl groups excluding tert-OH is 3. The van der Waals surface area contributed by atoms with Crippen LogP contribution in [0.5, 0.6) is 0 Å². The van der Waals surface area contributed by atoms with Crippen molar-refractivity contribution in [3.8, 4) is 0 Å². The molecular weight excluding hydrogens is 518 g/mol. The summed E-state index contributed by atoms with van der Waals surface area (Å²) < 4.78 is 6.85. The van der Waals surface area contributed by atoms with E-state index in [1.165, 1.54) is 17.2 Å². The van der Waals surface area contributed by atoms with Crippen molar-refractivity contribution in [2.45, 2.75) is 48.1 Å². The molecule has 0 saturated carbocycles. The van der Waals surface area contributed by atoms with Crippen molar-refractivity contribution in [3.63, 3.8) is 0 Å². The Morgan fingerprint density at radius 3 is 2.59 bits per heavy atom. The molecule has 29 heavy (non-hydrogen) atoms. The van der Waals surface area contributed by atoms with Crippen molar-refractivity contribution >= 4 is 55.0 Å². The molecule has 1 unspecified atom stereocenters. The number of nitrogen functional groups attached to an aromatic ring is 1. The molecule has 0 radical (unpaired) electrons. The summed E-state index contributed by atoms with van der Waals surface area (Å²) in [5.41, 5.74) is 11.7. The summed E-state index contributed by atoms with van der Waals surface area (Å²) >= 11 is 0.549. The Hall–Kier alpha value is -1.34. The Labute approximate surface area is 183 Å². The van der Waals surface area contributed by atoms with Crippen molar-refractivity contribution in [2.24, 2.45) is 5.73 Å². The zero-order valence-corrected chi connectivity index (χ0v) is 19.4. The number of imidazole rings is 1. The van der Waals surface area contributed by atoms with E-state index >= 15 is 0 Å². The van der Waals surface area contributed by atoms with E-state index in [2.05, 4.69) is 20.8 Å². The molecule has 0 spiro atoms. The minimum absolute atomic E-state index is 0. The van der Waals surface area contributed by atoms with Gasteiger partial charge in [0.2, 0.25) is 0 Å². The molecule has 0 amide bonds. The number of rotatable bonds is 6. The number of carbonyl (C=O) groups is 1. The Bertz CT molecular complexity index is 796. The number of nitrogens with two attached hydrogens (primary N) is 2. The Balaban J connectivity index is 0.000000362. The van der Waals surface area contributed by atoms with Crippen molar-refractivity contribution in [1.82, 2.24) is 19.5 Å². The second kappa shape index (κ2) is 11.7. The van der Waals surface area contributed by atoms with Gasteiger partial charge in [-0.3, -0.25) is 4.57 Å². The second-order valence-corrected chi connectivity index (χ2v) is 8.11. The molecule has 0 aromatic carbocycles. The number of aliphatic hydroxyl groups is 3. The summed E-state index contributed by atoms with van der Waals surface area (Å²) in [5, 5.41) is 38.0. The molecule has 2 aromatic heterocycles. The third-order valence-corrected chi connectivity index (χ3v) is 5.48. The SMILES string of the molecule is C[Se]CCC(N)C(=O)O.Nc1ncnc2c1ncn2[C@@H]1O[C@H](CO)[C@@H](O)[C@H]1O.[SeH2]. The van der Waals surface area contributed by atoms with E-state index in [0.717, 1.165) is 5.32 Å². The molecule has 1 aliphatic rings. The van der Waals surface area contributed by atoms with Crippen LogP contribution in [0.2, 0.25) is 11.1 Å². The maximum atomic E-state index is 10.1. The standard InChI is InChI=1S/C10H13N5O4.C5H11NO2Se.H2Se/c11-8-5-9(13-2-12-8)15(3-14-5)10-7(18)6(17)4(1-16)19-10;1-9-3-2-4(6)5(7)8;/h2-4,6-7,10,16-18H,1H2,(H2,11,12,13);4H,2-3,6H2,1H3,(H,7,8);1H2/t4-,6-,7-,10-;;/m1../s1. The van der Waals surface area contributed by atoms with E-state index in [0.29, 0.717) is 32.5 Å². The van der Waals surface area contributed by atoms with E-state index in [1.54, 1.807) is 0 Å². The molecule has 0 aliphatic carbocycles. The van der Waals surface area contributed by atoms with Crippen LogP contribution >= 0.6 is 0 Å². The number of fused-ring (bicyclic) bond motifs is 1. The summed E-state index contributed by atoms with van der Waals surface area (Å²) in [5.74, 6) is 1.40. The molecule has 14 heteroatoms. The van der Waals surface area contributed by atoms with Gasteiger partial charge in [0.25, 0.3) is 0 Å². The predicted molar refractivity (Wildman–Crippen MR) is 108 cm³/mol. The monoisotopic (exact) mass is 546 g/mol. The number of hydrogen-bond donors (Lipinski definition) is 6. The molecule has 3 rings (SSSR count). The molecule has 5 atom stereocenters. The van der Waals surface area contributed by atoms with Crippen LogP contribution in [0.25, 0.3) is 11.2 Å². The Morgan fingerprint density at radius 2 is 2.03 bits per heavy atom. The molecule has 8 N–H and O–H groups in total. The molecule has 2 aromatic rings. The van der Waals surface area contributed by atoms with Gasteiger partial charge in [0.05, 0.1) is 12.9 Å². The average Bonchev–Trinajstić information content (AvgIpc) is 3.23. The fourth-order valence-corrected chi connectivity index (χ4v) is 3.56. The van der Waals surface area contributed by atoms with Crippen LogP contribution < -0.4 is 11.5 Å². The van der Waals surface area contributed by atoms with Crippen LogP contribution in [-0.4, -0.2) is 109 Å². The number of aliphatic carboxylic acids is 1. The first-order valence-electron chi connectivity index (χ1n) is 8.34. The second-order valence-electron chi connectivity index (χ2n) is 6.04. The Kier molecular flexibility index (Phi) is 10.4. The first-order valence-corrected chi connectivity index (χ1v) is 11.3. The maximum absolute atomic E-state index is 10.1. The van der Waals surface area contributed by atoms with E-state index in [-0.39, 0.29) is 22.9 Å². The number of carboxylic acids is 1. The first kappa shape index (κ1) is 25.7. The molecule has 12 nitrogen and oxygen atoms in total. The van der Waals surface area contributed by atoms with Gasteiger partial charge in [-0.05, 0) is 0 Å². The van der Waals surface area contributed by atoms with Gasteiger partial charge >= 0.3 is 77.2 Å². The van der Waals surface area contributed by atoms with Gasteiger partial charge in [-0.15, -0.1) is 0 Å². The molecule has 3 heterocycles. The molecule has 0 bridgehead atoms. The molecule has 1 fully saturated rings. The zero-order valence-electron chi connectivity index (χ0n) is 15.6. The van der Waals surface area contributed by atoms with Crippen molar-refractivity contribution in [2.75, 3.05) is 12.3 Å². The Morgan fingerprint density at radius 1 is 1.34 bits per heavy atom. The molecule has 1 aliphatic heterocycles. The zero-order chi connectivity index (χ0) is 20.8. The third kappa shape index (κ3) is 6.07. The predicted octanol–water partition coefficient (Wildman–Crippen LogP) is -2.94. The van der Waals surface area contributed by atoms with Crippen LogP contribution in [0.15, 0.2) is 12.7 Å². The molecule has 1 saturated heterocycles. The first-order chi connectivity index (χ1) is 13.3. The van der Waals surface area contributed by atoms with E-state index in [4.69, 9.17) is 26.4 Å². The van der Waals surface area contributed by atoms with Gasteiger partial charge in [-0.25, -0.2) is 15.0 Å². The third-order valence-electron chi connectivity index (χ3n) is 4.13. The number of nitrogens with zero attached hydrogens (tertiary/aromatic N) is 4. The van der Waals surface area contributed by atoms with Crippen LogP contribution in [-0.2, 0) is 9.53 Å². The van der Waals surface area contributed by atoms with Gasteiger partial charge in [-0.2, -0.15) is 0 Å². The van der Waals surface area contributed by atoms with Crippen LogP contribution in [0.3, 0.4) is 0 Å². The minimum atomic E-state index is -1.19. The van der Waals surface area contributed by atoms with Crippen molar-refractivity contribution in [3.05, 3.63) is 12.7 Å². The van der Waals surface area contributed by atoms with Crippen LogP contribution in [0.1, 0.15) is 12.6 Å². The molecule has 164 valence electrons. The van der Waals surface area contributed by atoms with E-state index in [1.807, 2.05) is 0 Å². The fraction of sp³-hybridized carbons (Fsp3) is 0.600. The number of carboxylic acid groups (broad SMARTS) is 1. The van der Waals surface area contributed by atoms with Gasteiger partial charge in [0.1, 0.15) is 30.2 Å². The molecular formula is C15H26N6O6Se2.